The fourth-order valence-electron chi connectivity index (χ4n) is 3.59. The third kappa shape index (κ3) is 3.15. The molecule has 2 aliphatic heterocycles. The Hall–Kier alpha value is -3.26. The Balaban J connectivity index is 1.72. The van der Waals surface area contributed by atoms with E-state index in [1.54, 1.807) is 4.57 Å². The molecule has 3 heterocycles. The SMILES string of the molecule is CN(C)CCn1c(=O)nc(-c2ccc3c(c2)OCCO3)c2cc3c(cc21)OCO3. The Labute approximate surface area is 167 Å². The van der Waals surface area contributed by atoms with Crippen molar-refractivity contribution in [1.29, 1.82) is 0 Å². The summed E-state index contributed by atoms with van der Waals surface area (Å²) < 4.78 is 24.1. The van der Waals surface area contributed by atoms with Crippen molar-refractivity contribution in [1.82, 2.24) is 14.5 Å². The number of nitrogens with zero attached hydrogens (tertiary/aromatic N) is 3. The number of fused-ring (bicyclic) bond motifs is 3. The molecule has 0 atom stereocenters. The summed E-state index contributed by atoms with van der Waals surface area (Å²) in [5.41, 5.74) is 1.83. The molecule has 0 fully saturated rings. The van der Waals surface area contributed by atoms with Crippen molar-refractivity contribution in [3.8, 4) is 34.3 Å². The maximum Gasteiger partial charge on any atom is 0.348 e. The van der Waals surface area contributed by atoms with Crippen LogP contribution in [-0.4, -0.2) is 55.1 Å². The number of likely N-dealkylation sites (N-methyl/N-ethyl adjacent to an activating group) is 1. The summed E-state index contributed by atoms with van der Waals surface area (Å²) in [5.74, 6) is 2.63. The summed E-state index contributed by atoms with van der Waals surface area (Å²) in [7, 11) is 3.94. The second-order valence-electron chi connectivity index (χ2n) is 7.28. The zero-order chi connectivity index (χ0) is 20.0. The van der Waals surface area contributed by atoms with E-state index in [-0.39, 0.29) is 12.5 Å². The normalized spacial score (nSPS) is 14.6. The van der Waals surface area contributed by atoms with Crippen molar-refractivity contribution < 1.29 is 18.9 Å². The van der Waals surface area contributed by atoms with E-state index in [4.69, 9.17) is 18.9 Å². The number of rotatable bonds is 4. The molecule has 2 aromatic carbocycles. The fraction of sp³-hybridized carbons (Fsp3) is 0.333. The average molecular weight is 395 g/mol. The molecule has 2 aliphatic rings. The van der Waals surface area contributed by atoms with Crippen LogP contribution in [0.2, 0.25) is 0 Å². The Morgan fingerprint density at radius 3 is 2.48 bits per heavy atom. The van der Waals surface area contributed by atoms with Crippen molar-refractivity contribution in [2.75, 3.05) is 40.6 Å². The highest BCUT2D eigenvalue weighted by atomic mass is 16.7. The second-order valence-corrected chi connectivity index (χ2v) is 7.28. The van der Waals surface area contributed by atoms with E-state index in [0.717, 1.165) is 16.5 Å². The van der Waals surface area contributed by atoms with Crippen molar-refractivity contribution in [3.63, 3.8) is 0 Å². The van der Waals surface area contributed by atoms with Gasteiger partial charge < -0.3 is 23.8 Å². The van der Waals surface area contributed by atoms with Crippen LogP contribution in [0.1, 0.15) is 0 Å². The molecule has 8 heteroatoms. The summed E-state index contributed by atoms with van der Waals surface area (Å²) in [6.07, 6.45) is 0. The van der Waals surface area contributed by atoms with Gasteiger partial charge in [-0.3, -0.25) is 4.57 Å². The van der Waals surface area contributed by atoms with Gasteiger partial charge in [-0.05, 0) is 38.4 Å². The van der Waals surface area contributed by atoms with Crippen LogP contribution in [0, 0.1) is 0 Å². The van der Waals surface area contributed by atoms with Crippen LogP contribution in [-0.2, 0) is 6.54 Å². The van der Waals surface area contributed by atoms with Crippen LogP contribution in [0.3, 0.4) is 0 Å². The summed E-state index contributed by atoms with van der Waals surface area (Å²) >= 11 is 0. The summed E-state index contributed by atoms with van der Waals surface area (Å²) in [6, 6.07) is 9.36. The summed E-state index contributed by atoms with van der Waals surface area (Å²) in [6.45, 7) is 2.43. The van der Waals surface area contributed by atoms with Crippen molar-refractivity contribution in [3.05, 3.63) is 40.8 Å². The molecule has 0 N–H and O–H groups in total. The summed E-state index contributed by atoms with van der Waals surface area (Å²) in [5, 5.41) is 0.823. The van der Waals surface area contributed by atoms with Gasteiger partial charge in [-0.2, -0.15) is 4.98 Å². The van der Waals surface area contributed by atoms with Crippen LogP contribution in [0.15, 0.2) is 35.1 Å². The molecule has 8 nitrogen and oxygen atoms in total. The van der Waals surface area contributed by atoms with Gasteiger partial charge in [0.15, 0.2) is 23.0 Å². The molecule has 150 valence electrons. The minimum absolute atomic E-state index is 0.167. The van der Waals surface area contributed by atoms with E-state index in [1.165, 1.54) is 0 Å². The molecular formula is C21H21N3O5. The van der Waals surface area contributed by atoms with E-state index in [9.17, 15) is 4.79 Å². The van der Waals surface area contributed by atoms with Crippen molar-refractivity contribution in [2.24, 2.45) is 0 Å². The third-order valence-corrected chi connectivity index (χ3v) is 5.06. The highest BCUT2D eigenvalue weighted by Crippen LogP contribution is 2.40. The molecule has 0 saturated carbocycles. The molecule has 0 radical (unpaired) electrons. The van der Waals surface area contributed by atoms with Crippen molar-refractivity contribution >= 4 is 10.9 Å². The molecular weight excluding hydrogens is 374 g/mol. The highest BCUT2D eigenvalue weighted by molar-refractivity contribution is 5.95. The van der Waals surface area contributed by atoms with Crippen LogP contribution in [0.4, 0.5) is 0 Å². The van der Waals surface area contributed by atoms with Gasteiger partial charge in [-0.25, -0.2) is 4.79 Å². The van der Waals surface area contributed by atoms with Crippen LogP contribution in [0.25, 0.3) is 22.2 Å². The van der Waals surface area contributed by atoms with Crippen molar-refractivity contribution in [2.45, 2.75) is 6.54 Å². The van der Waals surface area contributed by atoms with E-state index in [1.807, 2.05) is 49.3 Å². The van der Waals surface area contributed by atoms with Gasteiger partial charge >= 0.3 is 5.69 Å². The first kappa shape index (κ1) is 17.8. The standard InChI is InChI=1S/C21H21N3O5/c1-23(2)5-6-24-15-11-19-18(28-12-29-19)10-14(15)20(22-21(24)25)13-3-4-16-17(9-13)27-8-7-26-16/h3-4,9-11H,5-8,12H2,1-2H3. The largest absolute Gasteiger partial charge is 0.486 e. The van der Waals surface area contributed by atoms with Gasteiger partial charge in [-0.15, -0.1) is 0 Å². The molecule has 0 amide bonds. The first-order chi connectivity index (χ1) is 14.1. The zero-order valence-corrected chi connectivity index (χ0v) is 16.3. The lowest BCUT2D eigenvalue weighted by Gasteiger charge is -2.19. The average Bonchev–Trinajstić information content (AvgIpc) is 3.18. The molecule has 3 aromatic rings. The summed E-state index contributed by atoms with van der Waals surface area (Å²) in [4.78, 5) is 19.4. The topological polar surface area (TPSA) is 75.1 Å². The molecule has 0 aliphatic carbocycles. The van der Waals surface area contributed by atoms with E-state index >= 15 is 0 Å². The Morgan fingerprint density at radius 1 is 0.966 bits per heavy atom. The lowest BCUT2D eigenvalue weighted by molar-refractivity contribution is 0.171. The smallest absolute Gasteiger partial charge is 0.348 e. The molecule has 0 unspecified atom stereocenters. The lowest BCUT2D eigenvalue weighted by Crippen LogP contribution is -2.29. The first-order valence-electron chi connectivity index (χ1n) is 9.49. The quantitative estimate of drug-likeness (QED) is 0.670. The Kier molecular flexibility index (Phi) is 4.28. The predicted molar refractivity (Wildman–Crippen MR) is 107 cm³/mol. The number of ether oxygens (including phenoxy) is 4. The van der Waals surface area contributed by atoms with E-state index in [0.29, 0.717) is 55.0 Å². The molecule has 5 rings (SSSR count). The van der Waals surface area contributed by atoms with Gasteiger partial charge in [0, 0.05) is 30.1 Å². The molecule has 0 bridgehead atoms. The zero-order valence-electron chi connectivity index (χ0n) is 16.3. The van der Waals surface area contributed by atoms with Gasteiger partial charge in [0.05, 0.1) is 11.2 Å². The van der Waals surface area contributed by atoms with Gasteiger partial charge in [0.1, 0.15) is 13.2 Å². The molecule has 0 saturated heterocycles. The predicted octanol–water partition coefficient (Wildman–Crippen LogP) is 2.12. The maximum absolute atomic E-state index is 12.9. The van der Waals surface area contributed by atoms with E-state index < -0.39 is 0 Å². The Bertz CT molecular complexity index is 1160. The third-order valence-electron chi connectivity index (χ3n) is 5.06. The minimum Gasteiger partial charge on any atom is -0.486 e. The molecule has 29 heavy (non-hydrogen) atoms. The fourth-order valence-corrected chi connectivity index (χ4v) is 3.59. The Morgan fingerprint density at radius 2 is 1.69 bits per heavy atom. The highest BCUT2D eigenvalue weighted by Gasteiger charge is 2.21. The van der Waals surface area contributed by atoms with Crippen LogP contribution in [0.5, 0.6) is 23.0 Å². The van der Waals surface area contributed by atoms with Crippen LogP contribution < -0.4 is 24.6 Å². The number of benzene rings is 2. The van der Waals surface area contributed by atoms with Gasteiger partial charge in [0.2, 0.25) is 6.79 Å². The minimum atomic E-state index is -0.303. The lowest BCUT2D eigenvalue weighted by atomic mass is 10.0. The van der Waals surface area contributed by atoms with Gasteiger partial charge in [-0.1, -0.05) is 0 Å². The van der Waals surface area contributed by atoms with E-state index in [2.05, 4.69) is 4.98 Å². The van der Waals surface area contributed by atoms with Crippen LogP contribution >= 0.6 is 0 Å². The number of hydrogen-bond acceptors (Lipinski definition) is 7. The monoisotopic (exact) mass is 395 g/mol. The number of hydrogen-bond donors (Lipinski definition) is 0. The molecule has 0 spiro atoms. The molecule has 1 aromatic heterocycles. The maximum atomic E-state index is 12.9. The second kappa shape index (κ2) is 6.97. The first-order valence-corrected chi connectivity index (χ1v) is 9.49. The number of aromatic nitrogens is 2. The van der Waals surface area contributed by atoms with Gasteiger partial charge in [0.25, 0.3) is 0 Å².